The number of nitrogens with zero attached hydrogens (tertiary/aromatic N) is 4. The second kappa shape index (κ2) is 7.36. The van der Waals surface area contributed by atoms with Crippen LogP contribution in [0.25, 0.3) is 11.4 Å². The maximum atomic E-state index is 13.1. The summed E-state index contributed by atoms with van der Waals surface area (Å²) in [5, 5.41) is 22.2. The number of hydrogen-bond donors (Lipinski definition) is 1. The molecule has 0 saturated heterocycles. The van der Waals surface area contributed by atoms with Gasteiger partial charge in [0.25, 0.3) is 5.69 Å². The van der Waals surface area contributed by atoms with Crippen LogP contribution in [0.3, 0.4) is 0 Å². The largest absolute Gasteiger partial charge is 0.273 e. The second-order valence-electron chi connectivity index (χ2n) is 5.41. The second-order valence-corrected chi connectivity index (χ2v) is 5.80. The summed E-state index contributed by atoms with van der Waals surface area (Å²) < 4.78 is 14.7. The van der Waals surface area contributed by atoms with Gasteiger partial charge in [-0.25, -0.2) is 9.49 Å². The number of nitro groups is 1. The summed E-state index contributed by atoms with van der Waals surface area (Å²) >= 11 is 5.17. The van der Waals surface area contributed by atoms with Crippen LogP contribution in [0.5, 0.6) is 0 Å². The minimum Gasteiger partial charge on any atom is -0.258 e. The van der Waals surface area contributed by atoms with E-state index in [2.05, 4.69) is 15.3 Å². The molecule has 2 aromatic carbocycles. The number of aromatic amines is 1. The maximum Gasteiger partial charge on any atom is 0.273 e. The van der Waals surface area contributed by atoms with Gasteiger partial charge in [-0.05, 0) is 42.9 Å². The Morgan fingerprint density at radius 3 is 2.73 bits per heavy atom. The molecule has 0 saturated carbocycles. The molecule has 0 aliphatic rings. The van der Waals surface area contributed by atoms with Crippen LogP contribution in [-0.2, 0) is 6.42 Å². The van der Waals surface area contributed by atoms with Crippen LogP contribution >= 0.6 is 12.2 Å². The van der Waals surface area contributed by atoms with Crippen molar-refractivity contribution in [1.29, 1.82) is 0 Å². The molecule has 1 aromatic heterocycles. The van der Waals surface area contributed by atoms with Crippen LogP contribution < -0.4 is 0 Å². The van der Waals surface area contributed by atoms with E-state index in [0.29, 0.717) is 28.9 Å². The van der Waals surface area contributed by atoms with E-state index in [-0.39, 0.29) is 16.3 Å². The van der Waals surface area contributed by atoms with Crippen LogP contribution in [0, 0.1) is 20.7 Å². The molecule has 0 amide bonds. The summed E-state index contributed by atoms with van der Waals surface area (Å²) in [6.07, 6.45) is 2.03. The lowest BCUT2D eigenvalue weighted by Crippen LogP contribution is -1.98. The number of halogens is 1. The van der Waals surface area contributed by atoms with E-state index in [9.17, 15) is 14.5 Å². The van der Waals surface area contributed by atoms with Gasteiger partial charge in [0.1, 0.15) is 5.82 Å². The van der Waals surface area contributed by atoms with E-state index in [1.54, 1.807) is 24.3 Å². The first-order chi connectivity index (χ1) is 12.5. The van der Waals surface area contributed by atoms with Gasteiger partial charge in [-0.15, -0.1) is 0 Å². The summed E-state index contributed by atoms with van der Waals surface area (Å²) in [7, 11) is 0. The maximum absolute atomic E-state index is 13.1. The summed E-state index contributed by atoms with van der Waals surface area (Å²) in [5.41, 5.74) is 1.88. The Kier molecular flexibility index (Phi) is 4.99. The lowest BCUT2D eigenvalue weighted by Gasteiger charge is -2.02. The molecule has 0 aliphatic heterocycles. The third-order valence-corrected chi connectivity index (χ3v) is 4.03. The first kappa shape index (κ1) is 17.6. The molecule has 0 radical (unpaired) electrons. The molecule has 26 heavy (non-hydrogen) atoms. The molecular weight excluding hydrogens is 357 g/mol. The van der Waals surface area contributed by atoms with Crippen molar-refractivity contribution < 1.29 is 9.31 Å². The molecule has 9 heteroatoms. The van der Waals surface area contributed by atoms with Crippen molar-refractivity contribution in [2.75, 3.05) is 0 Å². The fourth-order valence-electron chi connectivity index (χ4n) is 2.44. The van der Waals surface area contributed by atoms with Crippen LogP contribution in [0.2, 0.25) is 0 Å². The average molecular weight is 371 g/mol. The molecule has 7 nitrogen and oxygen atoms in total. The van der Waals surface area contributed by atoms with Gasteiger partial charge in [-0.3, -0.25) is 10.1 Å². The molecule has 3 rings (SSSR count). The number of benzene rings is 2. The first-order valence-corrected chi connectivity index (χ1v) is 8.15. The first-order valence-electron chi connectivity index (χ1n) is 7.74. The molecule has 0 atom stereocenters. The van der Waals surface area contributed by atoms with E-state index in [1.807, 2.05) is 6.92 Å². The van der Waals surface area contributed by atoms with Crippen molar-refractivity contribution in [3.8, 4) is 11.4 Å². The summed E-state index contributed by atoms with van der Waals surface area (Å²) in [4.78, 5) is 10.8. The Bertz CT molecular complexity index is 1040. The monoisotopic (exact) mass is 371 g/mol. The smallest absolute Gasteiger partial charge is 0.258 e. The van der Waals surface area contributed by atoms with Gasteiger partial charge in [0.05, 0.1) is 11.1 Å². The number of rotatable bonds is 5. The third kappa shape index (κ3) is 3.57. The fraction of sp³-hybridized carbons (Fsp3) is 0.118. The predicted molar refractivity (Wildman–Crippen MR) is 98.3 cm³/mol. The highest BCUT2D eigenvalue weighted by molar-refractivity contribution is 7.71. The number of aromatic nitrogens is 3. The molecular formula is C17H14FN5O2S. The van der Waals surface area contributed by atoms with Gasteiger partial charge >= 0.3 is 0 Å². The molecule has 0 unspecified atom stereocenters. The summed E-state index contributed by atoms with van der Waals surface area (Å²) in [5.74, 6) is 0.0483. The van der Waals surface area contributed by atoms with Gasteiger partial charge in [0.15, 0.2) is 5.82 Å². The molecule has 132 valence electrons. The number of H-pyrrole nitrogens is 1. The molecule has 1 heterocycles. The zero-order valence-electron chi connectivity index (χ0n) is 13.7. The molecule has 3 aromatic rings. The standard InChI is InChI=1S/C17H14FN5O2S/c1-2-12-4-3-11(9-15(12)23(24)25)10-19-22-16(20-21-17(22)26)13-5-7-14(18)8-6-13/h3-10H,2H2,1H3,(H,21,26)/b19-10-. The topological polar surface area (TPSA) is 89.1 Å². The normalized spacial score (nSPS) is 11.2. The van der Waals surface area contributed by atoms with Gasteiger partial charge in [0, 0.05) is 22.8 Å². The highest BCUT2D eigenvalue weighted by atomic mass is 32.1. The highest BCUT2D eigenvalue weighted by Gasteiger charge is 2.13. The Morgan fingerprint density at radius 1 is 1.35 bits per heavy atom. The number of hydrogen-bond acceptors (Lipinski definition) is 5. The highest BCUT2D eigenvalue weighted by Crippen LogP contribution is 2.21. The van der Waals surface area contributed by atoms with Crippen molar-refractivity contribution in [3.63, 3.8) is 0 Å². The Labute approximate surface area is 153 Å². The van der Waals surface area contributed by atoms with Crippen molar-refractivity contribution in [1.82, 2.24) is 14.9 Å². The van der Waals surface area contributed by atoms with Gasteiger partial charge in [-0.1, -0.05) is 19.1 Å². The van der Waals surface area contributed by atoms with Gasteiger partial charge < -0.3 is 0 Å². The minimum atomic E-state index is -0.413. The number of nitro benzene ring substituents is 1. The number of nitrogens with one attached hydrogen (secondary N) is 1. The summed E-state index contributed by atoms with van der Waals surface area (Å²) in [6.45, 7) is 1.86. The fourth-order valence-corrected chi connectivity index (χ4v) is 2.62. The van der Waals surface area contributed by atoms with Crippen LogP contribution in [0.4, 0.5) is 10.1 Å². The minimum absolute atomic E-state index is 0.0472. The van der Waals surface area contributed by atoms with Crippen LogP contribution in [-0.4, -0.2) is 26.0 Å². The molecule has 0 spiro atoms. The van der Waals surface area contributed by atoms with Crippen molar-refractivity contribution >= 4 is 24.1 Å². The van der Waals surface area contributed by atoms with E-state index < -0.39 is 4.92 Å². The summed E-state index contributed by atoms with van der Waals surface area (Å²) in [6, 6.07) is 10.7. The quantitative estimate of drug-likeness (QED) is 0.316. The lowest BCUT2D eigenvalue weighted by atomic mass is 10.1. The van der Waals surface area contributed by atoms with Crippen molar-refractivity contribution in [2.24, 2.45) is 5.10 Å². The SMILES string of the molecule is CCc1ccc(/C=N\n2c(-c3ccc(F)cc3)n[nH]c2=S)cc1[N+](=O)[O-]. The van der Waals surface area contributed by atoms with Crippen LogP contribution in [0.15, 0.2) is 47.6 Å². The number of aryl methyl sites for hydroxylation is 1. The molecule has 0 aliphatic carbocycles. The van der Waals surface area contributed by atoms with Gasteiger partial charge in [-0.2, -0.15) is 14.9 Å². The van der Waals surface area contributed by atoms with Crippen molar-refractivity contribution in [2.45, 2.75) is 13.3 Å². The molecule has 0 fully saturated rings. The van der Waals surface area contributed by atoms with E-state index in [1.165, 1.54) is 29.1 Å². The lowest BCUT2D eigenvalue weighted by molar-refractivity contribution is -0.385. The predicted octanol–water partition coefficient (Wildman–Crippen LogP) is 4.10. The van der Waals surface area contributed by atoms with Gasteiger partial charge in [0.2, 0.25) is 4.77 Å². The Balaban J connectivity index is 1.98. The van der Waals surface area contributed by atoms with E-state index >= 15 is 0 Å². The van der Waals surface area contributed by atoms with Crippen LogP contribution in [0.1, 0.15) is 18.1 Å². The zero-order chi connectivity index (χ0) is 18.7. The molecule has 1 N–H and O–H groups in total. The average Bonchev–Trinajstić information content (AvgIpc) is 3.01. The molecule has 0 bridgehead atoms. The van der Waals surface area contributed by atoms with E-state index in [0.717, 1.165) is 0 Å². The Hall–Kier alpha value is -3.20. The zero-order valence-corrected chi connectivity index (χ0v) is 14.5. The Morgan fingerprint density at radius 2 is 2.08 bits per heavy atom. The van der Waals surface area contributed by atoms with Crippen molar-refractivity contribution in [3.05, 3.63) is 74.3 Å². The van der Waals surface area contributed by atoms with E-state index in [4.69, 9.17) is 12.2 Å². The third-order valence-electron chi connectivity index (χ3n) is 3.76.